The lowest BCUT2D eigenvalue weighted by Gasteiger charge is -2.08. The average molecular weight is 165 g/mol. The van der Waals surface area contributed by atoms with Gasteiger partial charge in [-0.3, -0.25) is 0 Å². The third-order valence-corrected chi connectivity index (χ3v) is 1.76. The van der Waals surface area contributed by atoms with E-state index in [1.807, 2.05) is 25.1 Å². The third-order valence-electron chi connectivity index (χ3n) is 1.76. The summed E-state index contributed by atoms with van der Waals surface area (Å²) < 4.78 is 5.45. The van der Waals surface area contributed by atoms with Crippen molar-refractivity contribution in [2.75, 3.05) is 6.54 Å². The highest BCUT2D eigenvalue weighted by Gasteiger charge is 2.06. The maximum absolute atomic E-state index is 5.45. The summed E-state index contributed by atoms with van der Waals surface area (Å²) in [5.41, 5.74) is 0. The molecule has 0 amide bonds. The Morgan fingerprint density at radius 2 is 2.42 bits per heavy atom. The van der Waals surface area contributed by atoms with Crippen molar-refractivity contribution in [3.05, 3.63) is 36.3 Å². The number of aryl methyl sites for hydroxylation is 1. The van der Waals surface area contributed by atoms with Gasteiger partial charge in [-0.15, -0.1) is 6.58 Å². The summed E-state index contributed by atoms with van der Waals surface area (Å²) in [5.74, 6) is 1.94. The molecule has 1 atom stereocenters. The van der Waals surface area contributed by atoms with Crippen LogP contribution in [0, 0.1) is 6.92 Å². The molecule has 1 aromatic rings. The van der Waals surface area contributed by atoms with Crippen molar-refractivity contribution >= 4 is 0 Å². The van der Waals surface area contributed by atoms with Gasteiger partial charge in [0.15, 0.2) is 0 Å². The summed E-state index contributed by atoms with van der Waals surface area (Å²) in [6.07, 6.45) is 1.84. The Labute approximate surface area is 73.3 Å². The SMILES string of the molecule is C=CCNC(C)c1ccc(C)o1. The van der Waals surface area contributed by atoms with Gasteiger partial charge in [0.1, 0.15) is 11.5 Å². The Kier molecular flexibility index (Phi) is 3.11. The van der Waals surface area contributed by atoms with Crippen LogP contribution in [-0.2, 0) is 0 Å². The van der Waals surface area contributed by atoms with Crippen LogP contribution in [0.15, 0.2) is 29.2 Å². The van der Waals surface area contributed by atoms with Gasteiger partial charge in [0.25, 0.3) is 0 Å². The molecule has 1 N–H and O–H groups in total. The number of hydrogen-bond acceptors (Lipinski definition) is 2. The topological polar surface area (TPSA) is 25.2 Å². The van der Waals surface area contributed by atoms with Gasteiger partial charge in [-0.2, -0.15) is 0 Å². The van der Waals surface area contributed by atoms with Crippen molar-refractivity contribution in [3.63, 3.8) is 0 Å². The summed E-state index contributed by atoms with van der Waals surface area (Å²) in [7, 11) is 0. The molecule has 0 spiro atoms. The van der Waals surface area contributed by atoms with Crippen molar-refractivity contribution in [2.24, 2.45) is 0 Å². The van der Waals surface area contributed by atoms with Crippen molar-refractivity contribution < 1.29 is 4.42 Å². The summed E-state index contributed by atoms with van der Waals surface area (Å²) in [5, 5.41) is 3.25. The van der Waals surface area contributed by atoms with Crippen molar-refractivity contribution in [3.8, 4) is 0 Å². The molecule has 1 heterocycles. The standard InChI is InChI=1S/C10H15NO/c1-4-7-11-9(3)10-6-5-8(2)12-10/h4-6,9,11H,1,7H2,2-3H3. The van der Waals surface area contributed by atoms with Gasteiger partial charge in [-0.25, -0.2) is 0 Å². The minimum absolute atomic E-state index is 0.261. The van der Waals surface area contributed by atoms with Gasteiger partial charge in [0.05, 0.1) is 6.04 Å². The Bertz CT molecular complexity index is 252. The Hall–Kier alpha value is -1.02. The largest absolute Gasteiger partial charge is 0.465 e. The second-order valence-corrected chi connectivity index (χ2v) is 2.87. The Morgan fingerprint density at radius 1 is 1.67 bits per heavy atom. The summed E-state index contributed by atoms with van der Waals surface area (Å²) in [6.45, 7) is 8.46. The van der Waals surface area contributed by atoms with E-state index >= 15 is 0 Å². The zero-order chi connectivity index (χ0) is 8.97. The molecular weight excluding hydrogens is 150 g/mol. The van der Waals surface area contributed by atoms with E-state index in [-0.39, 0.29) is 6.04 Å². The van der Waals surface area contributed by atoms with E-state index in [1.54, 1.807) is 0 Å². The molecule has 0 saturated carbocycles. The molecule has 66 valence electrons. The molecule has 1 rings (SSSR count). The van der Waals surface area contributed by atoms with Gasteiger partial charge >= 0.3 is 0 Å². The third kappa shape index (κ3) is 2.24. The van der Waals surface area contributed by atoms with Crippen LogP contribution in [0.4, 0.5) is 0 Å². The van der Waals surface area contributed by atoms with Gasteiger partial charge in [0, 0.05) is 6.54 Å². The molecule has 0 fully saturated rings. The highest BCUT2D eigenvalue weighted by molar-refractivity contribution is 5.08. The molecule has 0 aliphatic heterocycles. The van der Waals surface area contributed by atoms with Crippen LogP contribution < -0.4 is 5.32 Å². The summed E-state index contributed by atoms with van der Waals surface area (Å²) in [4.78, 5) is 0. The predicted octanol–water partition coefficient (Wildman–Crippen LogP) is 2.42. The fourth-order valence-corrected chi connectivity index (χ4v) is 1.05. The zero-order valence-electron chi connectivity index (χ0n) is 7.63. The van der Waals surface area contributed by atoms with Crippen molar-refractivity contribution in [1.82, 2.24) is 5.32 Å². The second kappa shape index (κ2) is 4.12. The highest BCUT2D eigenvalue weighted by atomic mass is 16.3. The maximum Gasteiger partial charge on any atom is 0.120 e. The first-order valence-corrected chi connectivity index (χ1v) is 4.14. The van der Waals surface area contributed by atoms with Gasteiger partial charge in [-0.05, 0) is 26.0 Å². The first-order valence-electron chi connectivity index (χ1n) is 4.14. The molecular formula is C10H15NO. The molecule has 2 heteroatoms. The smallest absolute Gasteiger partial charge is 0.120 e. The fraction of sp³-hybridized carbons (Fsp3) is 0.400. The lowest BCUT2D eigenvalue weighted by molar-refractivity contribution is 0.425. The predicted molar refractivity (Wildman–Crippen MR) is 50.1 cm³/mol. The quantitative estimate of drug-likeness (QED) is 0.693. The number of rotatable bonds is 4. The van der Waals surface area contributed by atoms with Crippen LogP contribution in [-0.4, -0.2) is 6.54 Å². The Balaban J connectivity index is 2.52. The lowest BCUT2D eigenvalue weighted by atomic mass is 10.2. The molecule has 12 heavy (non-hydrogen) atoms. The number of hydrogen-bond donors (Lipinski definition) is 1. The summed E-state index contributed by atoms with van der Waals surface area (Å²) >= 11 is 0. The minimum atomic E-state index is 0.261. The molecule has 1 aromatic heterocycles. The second-order valence-electron chi connectivity index (χ2n) is 2.87. The van der Waals surface area contributed by atoms with Gasteiger partial charge in [-0.1, -0.05) is 6.08 Å². The first-order chi connectivity index (χ1) is 5.74. The van der Waals surface area contributed by atoms with E-state index in [2.05, 4.69) is 18.8 Å². The monoisotopic (exact) mass is 165 g/mol. The minimum Gasteiger partial charge on any atom is -0.465 e. The molecule has 0 bridgehead atoms. The zero-order valence-corrected chi connectivity index (χ0v) is 7.63. The summed E-state index contributed by atoms with van der Waals surface area (Å²) in [6, 6.07) is 4.23. The lowest BCUT2D eigenvalue weighted by Crippen LogP contribution is -2.17. The first kappa shape index (κ1) is 9.07. The molecule has 0 aliphatic carbocycles. The number of furan rings is 1. The van der Waals surface area contributed by atoms with E-state index in [1.165, 1.54) is 0 Å². The van der Waals surface area contributed by atoms with E-state index < -0.39 is 0 Å². The molecule has 1 unspecified atom stereocenters. The highest BCUT2D eigenvalue weighted by Crippen LogP contribution is 2.14. The molecule has 0 aliphatic rings. The van der Waals surface area contributed by atoms with Gasteiger partial charge < -0.3 is 9.73 Å². The van der Waals surface area contributed by atoms with Crippen LogP contribution in [0.1, 0.15) is 24.5 Å². The van der Waals surface area contributed by atoms with Crippen LogP contribution >= 0.6 is 0 Å². The molecule has 0 aromatic carbocycles. The van der Waals surface area contributed by atoms with E-state index in [0.29, 0.717) is 0 Å². The van der Waals surface area contributed by atoms with Crippen molar-refractivity contribution in [2.45, 2.75) is 19.9 Å². The van der Waals surface area contributed by atoms with Crippen molar-refractivity contribution in [1.29, 1.82) is 0 Å². The normalized spacial score (nSPS) is 12.8. The molecule has 0 radical (unpaired) electrons. The molecule has 0 saturated heterocycles. The molecule has 2 nitrogen and oxygen atoms in total. The maximum atomic E-state index is 5.45. The van der Waals surface area contributed by atoms with E-state index in [0.717, 1.165) is 18.1 Å². The Morgan fingerprint density at radius 3 is 2.92 bits per heavy atom. The van der Waals surface area contributed by atoms with Crippen LogP contribution in [0.3, 0.4) is 0 Å². The average Bonchev–Trinajstić information content (AvgIpc) is 2.47. The van der Waals surface area contributed by atoms with E-state index in [9.17, 15) is 0 Å². The number of nitrogens with one attached hydrogen (secondary N) is 1. The van der Waals surface area contributed by atoms with Crippen LogP contribution in [0.25, 0.3) is 0 Å². The fourth-order valence-electron chi connectivity index (χ4n) is 1.05. The van der Waals surface area contributed by atoms with Gasteiger partial charge in [0.2, 0.25) is 0 Å². The van der Waals surface area contributed by atoms with Crippen LogP contribution in [0.2, 0.25) is 0 Å². The van der Waals surface area contributed by atoms with E-state index in [4.69, 9.17) is 4.42 Å². The van der Waals surface area contributed by atoms with Crippen LogP contribution in [0.5, 0.6) is 0 Å².